The number of hydrogen-bond donors (Lipinski definition) is 1. The van der Waals surface area contributed by atoms with Gasteiger partial charge in [0.05, 0.1) is 22.5 Å². The lowest BCUT2D eigenvalue weighted by Gasteiger charge is -2.55. The van der Waals surface area contributed by atoms with Gasteiger partial charge in [0.1, 0.15) is 0 Å². The number of nitrogens with zero attached hydrogens (tertiary/aromatic N) is 2. The van der Waals surface area contributed by atoms with Gasteiger partial charge in [-0.15, -0.1) is 0 Å². The van der Waals surface area contributed by atoms with Crippen LogP contribution in [0, 0.1) is 42.8 Å². The summed E-state index contributed by atoms with van der Waals surface area (Å²) in [6, 6.07) is 6.24. The Morgan fingerprint density at radius 1 is 1.03 bits per heavy atom. The summed E-state index contributed by atoms with van der Waals surface area (Å²) in [6.07, 6.45) is 6.94. The maximum Gasteiger partial charge on any atom is 0.322 e. The van der Waals surface area contributed by atoms with Crippen LogP contribution in [0.4, 0.5) is 10.1 Å². The van der Waals surface area contributed by atoms with Crippen molar-refractivity contribution in [2.75, 3.05) is 5.32 Å². The van der Waals surface area contributed by atoms with Crippen LogP contribution < -0.4 is 10.1 Å². The zero-order valence-electron chi connectivity index (χ0n) is 16.9. The van der Waals surface area contributed by atoms with Gasteiger partial charge in [0.25, 0.3) is 0 Å². The van der Waals surface area contributed by atoms with Crippen molar-refractivity contribution in [3.8, 4) is 11.8 Å². The van der Waals surface area contributed by atoms with Gasteiger partial charge < -0.3 is 10.1 Å². The second kappa shape index (κ2) is 6.78. The third-order valence-electron chi connectivity index (χ3n) is 7.05. The predicted octanol–water partition coefficient (Wildman–Crippen LogP) is 5.18. The van der Waals surface area contributed by atoms with Crippen molar-refractivity contribution in [3.05, 3.63) is 41.5 Å². The van der Waals surface area contributed by atoms with Gasteiger partial charge in [-0.1, -0.05) is 12.1 Å². The summed E-state index contributed by atoms with van der Waals surface area (Å²) in [5.41, 5.74) is 1.67. The minimum Gasteiger partial charge on any atom is -0.421 e. The lowest BCUT2D eigenvalue weighted by Crippen LogP contribution is -2.51. The molecule has 0 atom stereocenters. The van der Waals surface area contributed by atoms with Gasteiger partial charge in [0.15, 0.2) is 11.6 Å². The van der Waals surface area contributed by atoms with Gasteiger partial charge in [-0.2, -0.15) is 9.97 Å². The van der Waals surface area contributed by atoms with E-state index in [1.807, 2.05) is 13.8 Å². The molecule has 1 heterocycles. The second-order valence-electron chi connectivity index (χ2n) is 9.24. The van der Waals surface area contributed by atoms with Crippen LogP contribution >= 0.6 is 0 Å². The summed E-state index contributed by atoms with van der Waals surface area (Å²) in [7, 11) is 0. The molecule has 4 bridgehead atoms. The van der Waals surface area contributed by atoms with Crippen LogP contribution in [-0.2, 0) is 4.79 Å². The lowest BCUT2D eigenvalue weighted by atomic mass is 9.49. The summed E-state index contributed by atoms with van der Waals surface area (Å²) >= 11 is 0. The molecular formula is C23H26FN3O2. The first-order valence-corrected chi connectivity index (χ1v) is 10.5. The molecule has 0 spiro atoms. The average molecular weight is 395 g/mol. The Morgan fingerprint density at radius 3 is 2.14 bits per heavy atom. The summed E-state index contributed by atoms with van der Waals surface area (Å²) in [5, 5.41) is 3.14. The Balaban J connectivity index is 1.36. The predicted molar refractivity (Wildman–Crippen MR) is 107 cm³/mol. The zero-order chi connectivity index (χ0) is 20.2. The van der Waals surface area contributed by atoms with E-state index in [-0.39, 0.29) is 23.1 Å². The van der Waals surface area contributed by atoms with E-state index in [0.717, 1.165) is 19.3 Å². The van der Waals surface area contributed by atoms with Crippen LogP contribution in [0.1, 0.15) is 49.9 Å². The van der Waals surface area contributed by atoms with E-state index in [2.05, 4.69) is 15.3 Å². The number of amides is 1. The zero-order valence-corrected chi connectivity index (χ0v) is 16.9. The number of para-hydroxylation sites is 1. The van der Waals surface area contributed by atoms with Crippen LogP contribution in [0.15, 0.2) is 24.3 Å². The minimum atomic E-state index is -0.467. The molecular weight excluding hydrogens is 369 g/mol. The number of halogens is 1. The highest BCUT2D eigenvalue weighted by Crippen LogP contribution is 2.60. The normalized spacial score (nSPS) is 29.7. The third-order valence-corrected chi connectivity index (χ3v) is 7.05. The molecule has 0 aliphatic heterocycles. The van der Waals surface area contributed by atoms with Crippen LogP contribution in [0.5, 0.6) is 11.8 Å². The number of nitrogens with one attached hydrogen (secondary N) is 1. The molecule has 1 aromatic heterocycles. The highest BCUT2D eigenvalue weighted by Gasteiger charge is 2.54. The molecule has 6 rings (SSSR count). The molecule has 4 aliphatic rings. The molecule has 1 amide bonds. The fourth-order valence-electron chi connectivity index (χ4n) is 6.17. The first-order valence-electron chi connectivity index (χ1n) is 10.5. The van der Waals surface area contributed by atoms with Crippen molar-refractivity contribution in [1.82, 2.24) is 9.97 Å². The van der Waals surface area contributed by atoms with Crippen molar-refractivity contribution in [1.29, 1.82) is 0 Å². The van der Waals surface area contributed by atoms with Crippen molar-refractivity contribution in [2.45, 2.75) is 52.4 Å². The van der Waals surface area contributed by atoms with Crippen LogP contribution in [0.2, 0.25) is 0 Å². The number of anilines is 1. The molecule has 4 saturated carbocycles. The maximum atomic E-state index is 13.8. The first-order chi connectivity index (χ1) is 13.9. The number of hydrogen-bond acceptors (Lipinski definition) is 4. The molecule has 152 valence electrons. The van der Waals surface area contributed by atoms with Gasteiger partial charge in [0.2, 0.25) is 5.91 Å². The van der Waals surface area contributed by atoms with Crippen LogP contribution in [-0.4, -0.2) is 15.9 Å². The Hall–Kier alpha value is -2.50. The molecule has 5 nitrogen and oxygen atoms in total. The quantitative estimate of drug-likeness (QED) is 0.775. The summed E-state index contributed by atoms with van der Waals surface area (Å²) in [4.78, 5) is 22.1. The SMILES string of the molecule is Cc1nc(Oc2ccccc2F)nc(C)c1NC(=O)C12CC3CC(CC(C3)C1)C2. The van der Waals surface area contributed by atoms with E-state index < -0.39 is 5.82 Å². The lowest BCUT2D eigenvalue weighted by molar-refractivity contribution is -0.140. The number of rotatable bonds is 4. The molecule has 6 heteroatoms. The Morgan fingerprint density at radius 2 is 1.59 bits per heavy atom. The standard InChI is InChI=1S/C23H26FN3O2/c1-13-20(14(2)26-22(25-13)29-19-6-4-3-5-18(19)24)27-21(28)23-10-15-7-16(11-23)9-17(8-15)12-23/h3-6,15-17H,7-12H2,1-2H3,(H,27,28). The van der Waals surface area contributed by atoms with E-state index in [4.69, 9.17) is 4.74 Å². The van der Waals surface area contributed by atoms with Crippen molar-refractivity contribution >= 4 is 11.6 Å². The van der Waals surface area contributed by atoms with E-state index in [1.54, 1.807) is 12.1 Å². The molecule has 0 saturated heterocycles. The van der Waals surface area contributed by atoms with Crippen molar-refractivity contribution < 1.29 is 13.9 Å². The molecule has 1 N–H and O–H groups in total. The molecule has 4 fully saturated rings. The maximum absolute atomic E-state index is 13.8. The fraction of sp³-hybridized carbons (Fsp3) is 0.522. The Bertz CT molecular complexity index is 916. The smallest absolute Gasteiger partial charge is 0.322 e. The minimum absolute atomic E-state index is 0.0802. The number of carbonyl (C=O) groups excluding carboxylic acids is 1. The van der Waals surface area contributed by atoms with Crippen LogP contribution in [0.25, 0.3) is 0 Å². The average Bonchev–Trinajstić information content (AvgIpc) is 2.65. The molecule has 1 aromatic carbocycles. The van der Waals surface area contributed by atoms with E-state index >= 15 is 0 Å². The number of ether oxygens (including phenoxy) is 1. The van der Waals surface area contributed by atoms with Gasteiger partial charge >= 0.3 is 6.01 Å². The summed E-state index contributed by atoms with van der Waals surface area (Å²) < 4.78 is 19.4. The van der Waals surface area contributed by atoms with Gasteiger partial charge in [-0.05, 0) is 82.3 Å². The van der Waals surface area contributed by atoms with Gasteiger partial charge in [0, 0.05) is 0 Å². The van der Waals surface area contributed by atoms with Crippen molar-refractivity contribution in [3.63, 3.8) is 0 Å². The van der Waals surface area contributed by atoms with E-state index in [0.29, 0.717) is 34.8 Å². The largest absolute Gasteiger partial charge is 0.421 e. The number of benzene rings is 1. The first kappa shape index (κ1) is 18.5. The molecule has 4 aliphatic carbocycles. The Labute approximate surface area is 170 Å². The molecule has 0 radical (unpaired) electrons. The summed E-state index contributed by atoms with van der Waals surface area (Å²) in [5.74, 6) is 1.86. The van der Waals surface area contributed by atoms with Gasteiger partial charge in [-0.25, -0.2) is 4.39 Å². The number of aromatic nitrogens is 2. The second-order valence-corrected chi connectivity index (χ2v) is 9.24. The number of carbonyl (C=O) groups is 1. The van der Waals surface area contributed by atoms with E-state index in [9.17, 15) is 9.18 Å². The molecule has 29 heavy (non-hydrogen) atoms. The van der Waals surface area contributed by atoms with Crippen molar-refractivity contribution in [2.24, 2.45) is 23.2 Å². The highest BCUT2D eigenvalue weighted by molar-refractivity contribution is 5.96. The Kier molecular flexibility index (Phi) is 4.33. The third kappa shape index (κ3) is 3.28. The molecule has 0 unspecified atom stereocenters. The summed E-state index contributed by atoms with van der Waals surface area (Å²) in [6.45, 7) is 3.64. The topological polar surface area (TPSA) is 64.1 Å². The fourth-order valence-corrected chi connectivity index (χ4v) is 6.17. The van der Waals surface area contributed by atoms with Crippen LogP contribution in [0.3, 0.4) is 0 Å². The highest BCUT2D eigenvalue weighted by atomic mass is 19.1. The van der Waals surface area contributed by atoms with Gasteiger partial charge in [-0.3, -0.25) is 4.79 Å². The number of aryl methyl sites for hydroxylation is 2. The molecule has 2 aromatic rings. The monoisotopic (exact) mass is 395 g/mol. The van der Waals surface area contributed by atoms with E-state index in [1.165, 1.54) is 31.4 Å².